The van der Waals surface area contributed by atoms with Gasteiger partial charge in [-0.25, -0.2) is 4.98 Å². The van der Waals surface area contributed by atoms with Crippen molar-refractivity contribution >= 4 is 17.2 Å². The summed E-state index contributed by atoms with van der Waals surface area (Å²) in [6, 6.07) is 7.91. The fraction of sp³-hybridized carbons (Fsp3) is 0.474. The standard InChI is InChI=1S/C19H24N2O2S/c1-19(2,3)14-6-8-16(9-7-14)23-11-17(22)20-10-15-12-24-18(21-15)13-4-5-13/h6-9,12-13H,4-5,10-11H2,1-3H3,(H,20,22). The van der Waals surface area contributed by atoms with Crippen LogP contribution in [0.4, 0.5) is 0 Å². The Labute approximate surface area is 147 Å². The molecular weight excluding hydrogens is 320 g/mol. The fourth-order valence-corrected chi connectivity index (χ4v) is 3.35. The van der Waals surface area contributed by atoms with E-state index in [4.69, 9.17) is 4.74 Å². The van der Waals surface area contributed by atoms with Gasteiger partial charge >= 0.3 is 0 Å². The predicted octanol–water partition coefficient (Wildman–Crippen LogP) is 4.01. The van der Waals surface area contributed by atoms with E-state index in [9.17, 15) is 4.79 Å². The highest BCUT2D eigenvalue weighted by atomic mass is 32.1. The summed E-state index contributed by atoms with van der Waals surface area (Å²) < 4.78 is 5.55. The average molecular weight is 344 g/mol. The normalized spacial score (nSPS) is 14.5. The molecule has 0 atom stereocenters. The van der Waals surface area contributed by atoms with Crippen molar-refractivity contribution in [1.82, 2.24) is 10.3 Å². The third kappa shape index (κ3) is 4.57. The Balaban J connectivity index is 1.43. The van der Waals surface area contributed by atoms with Gasteiger partial charge in [-0.15, -0.1) is 11.3 Å². The number of thiazole rings is 1. The summed E-state index contributed by atoms with van der Waals surface area (Å²) in [4.78, 5) is 16.5. The summed E-state index contributed by atoms with van der Waals surface area (Å²) >= 11 is 1.69. The molecule has 24 heavy (non-hydrogen) atoms. The van der Waals surface area contributed by atoms with Crippen molar-refractivity contribution in [2.45, 2.75) is 51.5 Å². The lowest BCUT2D eigenvalue weighted by atomic mass is 9.87. The molecule has 0 aliphatic heterocycles. The van der Waals surface area contributed by atoms with E-state index in [0.717, 1.165) is 5.69 Å². The average Bonchev–Trinajstić information content (AvgIpc) is 3.29. The molecule has 0 bridgehead atoms. The summed E-state index contributed by atoms with van der Waals surface area (Å²) in [7, 11) is 0. The first-order chi connectivity index (χ1) is 11.4. The molecule has 1 saturated carbocycles. The maximum atomic E-state index is 11.9. The van der Waals surface area contributed by atoms with E-state index in [1.54, 1.807) is 11.3 Å². The van der Waals surface area contributed by atoms with Crippen LogP contribution in [0.2, 0.25) is 0 Å². The molecule has 1 aliphatic rings. The molecule has 1 aromatic heterocycles. The fourth-order valence-electron chi connectivity index (χ4n) is 2.36. The number of nitrogens with one attached hydrogen (secondary N) is 1. The number of rotatable bonds is 6. The summed E-state index contributed by atoms with van der Waals surface area (Å²) in [5.41, 5.74) is 2.29. The van der Waals surface area contributed by atoms with Gasteiger partial charge in [0.15, 0.2) is 6.61 Å². The maximum absolute atomic E-state index is 11.9. The number of carbonyl (C=O) groups is 1. The second kappa shape index (κ2) is 6.93. The summed E-state index contributed by atoms with van der Waals surface area (Å²) in [6.45, 7) is 7.00. The van der Waals surface area contributed by atoms with Crippen LogP contribution in [0, 0.1) is 0 Å². The van der Waals surface area contributed by atoms with Gasteiger partial charge in [0.1, 0.15) is 5.75 Å². The van der Waals surface area contributed by atoms with Crippen LogP contribution in [0.5, 0.6) is 5.75 Å². The Morgan fingerprint density at radius 2 is 2.00 bits per heavy atom. The van der Waals surface area contributed by atoms with E-state index in [1.807, 2.05) is 29.6 Å². The van der Waals surface area contributed by atoms with Gasteiger partial charge in [0.25, 0.3) is 5.91 Å². The largest absolute Gasteiger partial charge is 0.484 e. The minimum absolute atomic E-state index is 0.0223. The Kier molecular flexibility index (Phi) is 4.90. The smallest absolute Gasteiger partial charge is 0.258 e. The van der Waals surface area contributed by atoms with E-state index in [1.165, 1.54) is 23.4 Å². The molecule has 0 unspecified atom stereocenters. The lowest BCUT2D eigenvalue weighted by Crippen LogP contribution is -2.28. The Morgan fingerprint density at radius 1 is 1.29 bits per heavy atom. The van der Waals surface area contributed by atoms with Gasteiger partial charge in [-0.1, -0.05) is 32.9 Å². The second-order valence-electron chi connectivity index (χ2n) is 7.29. The molecular formula is C19H24N2O2S. The maximum Gasteiger partial charge on any atom is 0.258 e. The van der Waals surface area contributed by atoms with Crippen molar-refractivity contribution < 1.29 is 9.53 Å². The number of nitrogens with zero attached hydrogens (tertiary/aromatic N) is 1. The number of carbonyl (C=O) groups excluding carboxylic acids is 1. The molecule has 0 spiro atoms. The van der Waals surface area contributed by atoms with Crippen LogP contribution in [0.25, 0.3) is 0 Å². The third-order valence-electron chi connectivity index (χ3n) is 4.05. The molecule has 1 aliphatic carbocycles. The van der Waals surface area contributed by atoms with Crippen LogP contribution >= 0.6 is 11.3 Å². The summed E-state index contributed by atoms with van der Waals surface area (Å²) in [6.07, 6.45) is 2.50. The van der Waals surface area contributed by atoms with E-state index in [-0.39, 0.29) is 17.9 Å². The van der Waals surface area contributed by atoms with E-state index >= 15 is 0 Å². The Bertz CT molecular complexity index is 697. The van der Waals surface area contributed by atoms with Crippen LogP contribution in [0.3, 0.4) is 0 Å². The minimum Gasteiger partial charge on any atom is -0.484 e. The highest BCUT2D eigenvalue weighted by Gasteiger charge is 2.26. The third-order valence-corrected chi connectivity index (χ3v) is 5.11. The zero-order chi connectivity index (χ0) is 17.2. The first-order valence-corrected chi connectivity index (χ1v) is 9.24. The molecule has 1 aromatic carbocycles. The molecule has 2 aromatic rings. The molecule has 0 saturated heterocycles. The number of benzene rings is 1. The Morgan fingerprint density at radius 3 is 2.62 bits per heavy atom. The highest BCUT2D eigenvalue weighted by molar-refractivity contribution is 7.09. The molecule has 4 nitrogen and oxygen atoms in total. The molecule has 5 heteroatoms. The zero-order valence-electron chi connectivity index (χ0n) is 14.5. The highest BCUT2D eigenvalue weighted by Crippen LogP contribution is 2.41. The van der Waals surface area contributed by atoms with Gasteiger partial charge < -0.3 is 10.1 Å². The van der Waals surface area contributed by atoms with Gasteiger partial charge in [-0.3, -0.25) is 4.79 Å². The lowest BCUT2D eigenvalue weighted by Gasteiger charge is -2.19. The second-order valence-corrected chi connectivity index (χ2v) is 8.18. The molecule has 1 fully saturated rings. The summed E-state index contributed by atoms with van der Waals surface area (Å²) in [5.74, 6) is 1.25. The molecule has 1 heterocycles. The van der Waals surface area contributed by atoms with Gasteiger partial charge in [0.2, 0.25) is 0 Å². The minimum atomic E-state index is -0.129. The monoisotopic (exact) mass is 344 g/mol. The van der Waals surface area contributed by atoms with Crippen molar-refractivity contribution in [2.24, 2.45) is 0 Å². The number of hydrogen-bond donors (Lipinski definition) is 1. The van der Waals surface area contributed by atoms with Crippen molar-refractivity contribution in [1.29, 1.82) is 0 Å². The molecule has 1 N–H and O–H groups in total. The van der Waals surface area contributed by atoms with Gasteiger partial charge in [0, 0.05) is 11.3 Å². The van der Waals surface area contributed by atoms with Crippen LogP contribution in [0.15, 0.2) is 29.6 Å². The van der Waals surface area contributed by atoms with Gasteiger partial charge in [0.05, 0.1) is 17.2 Å². The summed E-state index contributed by atoms with van der Waals surface area (Å²) in [5, 5.41) is 6.09. The number of ether oxygens (including phenoxy) is 1. The quantitative estimate of drug-likeness (QED) is 0.861. The van der Waals surface area contributed by atoms with Crippen molar-refractivity contribution in [2.75, 3.05) is 6.61 Å². The van der Waals surface area contributed by atoms with E-state index in [2.05, 4.69) is 31.1 Å². The van der Waals surface area contributed by atoms with E-state index in [0.29, 0.717) is 18.2 Å². The van der Waals surface area contributed by atoms with Crippen LogP contribution < -0.4 is 10.1 Å². The van der Waals surface area contributed by atoms with Crippen molar-refractivity contribution in [3.05, 3.63) is 45.9 Å². The SMILES string of the molecule is CC(C)(C)c1ccc(OCC(=O)NCc2csc(C3CC3)n2)cc1. The molecule has 3 rings (SSSR count). The predicted molar refractivity (Wildman–Crippen MR) is 96.6 cm³/mol. The lowest BCUT2D eigenvalue weighted by molar-refractivity contribution is -0.123. The van der Waals surface area contributed by atoms with Gasteiger partial charge in [-0.05, 0) is 36.0 Å². The van der Waals surface area contributed by atoms with Crippen LogP contribution in [0.1, 0.15) is 55.8 Å². The number of aromatic nitrogens is 1. The van der Waals surface area contributed by atoms with Crippen molar-refractivity contribution in [3.63, 3.8) is 0 Å². The first-order valence-electron chi connectivity index (χ1n) is 8.36. The van der Waals surface area contributed by atoms with Crippen molar-refractivity contribution in [3.8, 4) is 5.75 Å². The first kappa shape index (κ1) is 17.0. The van der Waals surface area contributed by atoms with E-state index < -0.39 is 0 Å². The van der Waals surface area contributed by atoms with Crippen LogP contribution in [-0.2, 0) is 16.8 Å². The van der Waals surface area contributed by atoms with Crippen LogP contribution in [-0.4, -0.2) is 17.5 Å². The number of amides is 1. The number of hydrogen-bond acceptors (Lipinski definition) is 4. The Hall–Kier alpha value is -1.88. The molecule has 128 valence electrons. The van der Waals surface area contributed by atoms with Gasteiger partial charge in [-0.2, -0.15) is 0 Å². The zero-order valence-corrected chi connectivity index (χ0v) is 15.3. The molecule has 1 amide bonds. The molecule has 0 radical (unpaired) electrons. The topological polar surface area (TPSA) is 51.2 Å².